The van der Waals surface area contributed by atoms with Gasteiger partial charge in [-0.15, -0.1) is 0 Å². The van der Waals surface area contributed by atoms with Gasteiger partial charge in [0, 0.05) is 6.54 Å². The quantitative estimate of drug-likeness (QED) is 0.549. The molecular formula is C25H24N2O4. The number of carbonyl (C=O) groups excluding carboxylic acids is 3. The molecule has 0 aromatic heterocycles. The molecule has 0 radical (unpaired) electrons. The number of anilines is 1. The maximum atomic E-state index is 12.6. The number of para-hydroxylation sites is 1. The molecule has 0 bridgehead atoms. The predicted octanol–water partition coefficient (Wildman–Crippen LogP) is 3.65. The molecule has 0 saturated carbocycles. The summed E-state index contributed by atoms with van der Waals surface area (Å²) >= 11 is 0. The van der Waals surface area contributed by atoms with E-state index in [0.717, 1.165) is 16.7 Å². The fourth-order valence-electron chi connectivity index (χ4n) is 2.92. The second-order valence-corrected chi connectivity index (χ2v) is 7.09. The minimum Gasteiger partial charge on any atom is -0.455 e. The molecule has 3 aromatic carbocycles. The Hall–Kier alpha value is -3.93. The van der Waals surface area contributed by atoms with Gasteiger partial charge in [-0.2, -0.15) is 0 Å². The first-order chi connectivity index (χ1) is 15.0. The van der Waals surface area contributed by atoms with Crippen molar-refractivity contribution in [3.63, 3.8) is 0 Å². The molecule has 3 rings (SSSR count). The van der Waals surface area contributed by atoms with Crippen LogP contribution < -0.4 is 10.6 Å². The molecule has 0 atom stereocenters. The van der Waals surface area contributed by atoms with Gasteiger partial charge in [0.2, 0.25) is 0 Å². The Labute approximate surface area is 181 Å². The van der Waals surface area contributed by atoms with Crippen LogP contribution in [0.1, 0.15) is 27.0 Å². The third-order valence-electron chi connectivity index (χ3n) is 4.57. The van der Waals surface area contributed by atoms with E-state index in [1.807, 2.05) is 61.5 Å². The predicted molar refractivity (Wildman–Crippen MR) is 119 cm³/mol. The number of amides is 2. The number of ether oxygens (including phenoxy) is 1. The largest absolute Gasteiger partial charge is 0.455 e. The first-order valence-electron chi connectivity index (χ1n) is 9.93. The van der Waals surface area contributed by atoms with Crippen molar-refractivity contribution in [3.05, 3.63) is 101 Å². The van der Waals surface area contributed by atoms with Crippen molar-refractivity contribution < 1.29 is 19.1 Å². The van der Waals surface area contributed by atoms with Crippen molar-refractivity contribution in [2.75, 3.05) is 11.9 Å². The van der Waals surface area contributed by atoms with E-state index in [9.17, 15) is 14.4 Å². The molecule has 2 amide bonds. The lowest BCUT2D eigenvalue weighted by molar-refractivity contribution is -0.146. The van der Waals surface area contributed by atoms with Crippen LogP contribution in [0.4, 0.5) is 5.69 Å². The van der Waals surface area contributed by atoms with Gasteiger partial charge in [0.15, 0.2) is 6.61 Å². The summed E-state index contributed by atoms with van der Waals surface area (Å²) in [5.74, 6) is -1.32. The Morgan fingerprint density at radius 2 is 1.48 bits per heavy atom. The van der Waals surface area contributed by atoms with Crippen LogP contribution in [0.2, 0.25) is 0 Å². The van der Waals surface area contributed by atoms with Gasteiger partial charge in [0.05, 0.1) is 17.7 Å². The monoisotopic (exact) mass is 416 g/mol. The van der Waals surface area contributed by atoms with Crippen LogP contribution in [0.3, 0.4) is 0 Å². The van der Waals surface area contributed by atoms with Crippen LogP contribution in [-0.2, 0) is 27.3 Å². The average Bonchev–Trinajstić information content (AvgIpc) is 2.78. The number of aryl methyl sites for hydroxylation is 1. The molecular weight excluding hydrogens is 392 g/mol. The van der Waals surface area contributed by atoms with Crippen LogP contribution in [0.5, 0.6) is 0 Å². The number of hydrogen-bond acceptors (Lipinski definition) is 4. The highest BCUT2D eigenvalue weighted by Crippen LogP contribution is 2.15. The normalized spacial score (nSPS) is 10.2. The van der Waals surface area contributed by atoms with Gasteiger partial charge < -0.3 is 15.4 Å². The Kier molecular flexibility index (Phi) is 7.54. The summed E-state index contributed by atoms with van der Waals surface area (Å²) in [6, 6.07) is 23.7. The highest BCUT2D eigenvalue weighted by atomic mass is 16.5. The smallest absolute Gasteiger partial charge is 0.310 e. The lowest BCUT2D eigenvalue weighted by Crippen LogP contribution is -2.26. The molecule has 0 unspecified atom stereocenters. The van der Waals surface area contributed by atoms with Crippen molar-refractivity contribution in [1.82, 2.24) is 5.32 Å². The first-order valence-corrected chi connectivity index (χ1v) is 9.93. The van der Waals surface area contributed by atoms with Crippen molar-refractivity contribution in [2.24, 2.45) is 0 Å². The van der Waals surface area contributed by atoms with Crippen LogP contribution in [0.15, 0.2) is 78.9 Å². The topological polar surface area (TPSA) is 84.5 Å². The van der Waals surface area contributed by atoms with Crippen molar-refractivity contribution in [2.45, 2.75) is 19.9 Å². The molecule has 2 N–H and O–H groups in total. The lowest BCUT2D eigenvalue weighted by atomic mass is 10.1. The zero-order chi connectivity index (χ0) is 22.1. The number of hydrogen-bond donors (Lipinski definition) is 2. The highest BCUT2D eigenvalue weighted by molar-refractivity contribution is 6.04. The summed E-state index contributed by atoms with van der Waals surface area (Å²) in [4.78, 5) is 36.8. The van der Waals surface area contributed by atoms with Gasteiger partial charge in [-0.05, 0) is 30.2 Å². The number of nitrogens with one attached hydrogen (secondary N) is 2. The van der Waals surface area contributed by atoms with Crippen molar-refractivity contribution in [3.8, 4) is 0 Å². The molecule has 6 heteroatoms. The standard InChI is InChI=1S/C25H24N2O4/c1-18-11-13-20(14-12-18)16-26-25(30)21-9-5-6-10-22(21)27-23(28)17-31-24(29)15-19-7-3-2-4-8-19/h2-14H,15-17H2,1H3,(H,26,30)(H,27,28). The molecule has 0 fully saturated rings. The van der Waals surface area contributed by atoms with Crippen molar-refractivity contribution >= 4 is 23.5 Å². The summed E-state index contributed by atoms with van der Waals surface area (Å²) in [5, 5.41) is 5.49. The molecule has 0 aliphatic rings. The van der Waals surface area contributed by atoms with E-state index in [1.54, 1.807) is 24.3 Å². The van der Waals surface area contributed by atoms with E-state index in [1.165, 1.54) is 0 Å². The van der Waals surface area contributed by atoms with E-state index < -0.39 is 18.5 Å². The number of esters is 1. The van der Waals surface area contributed by atoms with Gasteiger partial charge in [-0.3, -0.25) is 14.4 Å². The number of benzene rings is 3. The highest BCUT2D eigenvalue weighted by Gasteiger charge is 2.14. The van der Waals surface area contributed by atoms with Crippen LogP contribution in [0, 0.1) is 6.92 Å². The van der Waals surface area contributed by atoms with E-state index in [-0.39, 0.29) is 12.3 Å². The third-order valence-corrected chi connectivity index (χ3v) is 4.57. The molecule has 158 valence electrons. The van der Waals surface area contributed by atoms with E-state index in [0.29, 0.717) is 17.8 Å². The summed E-state index contributed by atoms with van der Waals surface area (Å²) in [6.07, 6.45) is 0.0894. The summed E-state index contributed by atoms with van der Waals surface area (Å²) < 4.78 is 5.04. The zero-order valence-corrected chi connectivity index (χ0v) is 17.3. The van der Waals surface area contributed by atoms with Crippen LogP contribution >= 0.6 is 0 Å². The maximum Gasteiger partial charge on any atom is 0.310 e. The minimum absolute atomic E-state index is 0.0894. The van der Waals surface area contributed by atoms with Gasteiger partial charge in [0.1, 0.15) is 0 Å². The van der Waals surface area contributed by atoms with Gasteiger partial charge in [-0.1, -0.05) is 72.3 Å². The molecule has 31 heavy (non-hydrogen) atoms. The second kappa shape index (κ2) is 10.7. The zero-order valence-electron chi connectivity index (χ0n) is 17.3. The number of carbonyl (C=O) groups is 3. The number of rotatable bonds is 8. The Balaban J connectivity index is 1.53. The van der Waals surface area contributed by atoms with E-state index >= 15 is 0 Å². The van der Waals surface area contributed by atoms with E-state index in [4.69, 9.17) is 4.74 Å². The fraction of sp³-hybridized carbons (Fsp3) is 0.160. The Bertz CT molecular complexity index is 1050. The van der Waals surface area contributed by atoms with E-state index in [2.05, 4.69) is 10.6 Å². The van der Waals surface area contributed by atoms with Crippen LogP contribution in [0.25, 0.3) is 0 Å². The third kappa shape index (κ3) is 6.82. The molecule has 0 saturated heterocycles. The molecule has 0 spiro atoms. The minimum atomic E-state index is -0.514. The summed E-state index contributed by atoms with van der Waals surface area (Å²) in [6.45, 7) is 1.95. The van der Waals surface area contributed by atoms with Crippen molar-refractivity contribution in [1.29, 1.82) is 0 Å². The Morgan fingerprint density at radius 1 is 0.806 bits per heavy atom. The van der Waals surface area contributed by atoms with Gasteiger partial charge in [-0.25, -0.2) is 0 Å². The Morgan fingerprint density at radius 3 is 2.23 bits per heavy atom. The summed E-state index contributed by atoms with van der Waals surface area (Å²) in [7, 11) is 0. The molecule has 0 aliphatic heterocycles. The van der Waals surface area contributed by atoms with Gasteiger partial charge in [0.25, 0.3) is 11.8 Å². The van der Waals surface area contributed by atoms with Gasteiger partial charge >= 0.3 is 5.97 Å². The SMILES string of the molecule is Cc1ccc(CNC(=O)c2ccccc2NC(=O)COC(=O)Cc2ccccc2)cc1. The molecule has 0 heterocycles. The van der Waals surface area contributed by atoms with Crippen LogP contribution in [-0.4, -0.2) is 24.4 Å². The molecule has 6 nitrogen and oxygen atoms in total. The maximum absolute atomic E-state index is 12.6. The fourth-order valence-corrected chi connectivity index (χ4v) is 2.92. The summed E-state index contributed by atoms with van der Waals surface area (Å²) in [5.41, 5.74) is 3.62. The molecule has 0 aliphatic carbocycles. The molecule has 3 aromatic rings. The average molecular weight is 416 g/mol. The lowest BCUT2D eigenvalue weighted by Gasteiger charge is -2.12. The second-order valence-electron chi connectivity index (χ2n) is 7.09. The first kappa shape index (κ1) is 21.8.